The van der Waals surface area contributed by atoms with Crippen LogP contribution in [0, 0.1) is 0 Å². The number of hydrogen-bond acceptors (Lipinski definition) is 6. The molecule has 0 spiro atoms. The van der Waals surface area contributed by atoms with Crippen molar-refractivity contribution in [1.82, 2.24) is 4.98 Å². The highest BCUT2D eigenvalue weighted by atomic mass is 32.2. The van der Waals surface area contributed by atoms with E-state index >= 15 is 0 Å². The van der Waals surface area contributed by atoms with Crippen molar-refractivity contribution in [3.05, 3.63) is 78.5 Å². The quantitative estimate of drug-likeness (QED) is 0.633. The molecule has 0 aliphatic heterocycles. The standard InChI is InChI=1S/C19H17N3O4S/c1-26-19(23)16-9-5-6-10-17(16)21-14-11-12-18(20-13-14)22-27(24,25)15-7-3-2-4-8-15/h2-13,21H,1H3,(H,20,22). The Morgan fingerprint density at radius 3 is 2.33 bits per heavy atom. The van der Waals surface area contributed by atoms with Crippen molar-refractivity contribution in [3.63, 3.8) is 0 Å². The second-order valence-electron chi connectivity index (χ2n) is 5.51. The Kier molecular flexibility index (Phi) is 5.37. The van der Waals surface area contributed by atoms with E-state index in [0.29, 0.717) is 16.9 Å². The molecule has 3 aromatic rings. The number of para-hydroxylation sites is 1. The number of nitrogens with one attached hydrogen (secondary N) is 2. The average Bonchev–Trinajstić information content (AvgIpc) is 2.70. The smallest absolute Gasteiger partial charge is 0.339 e. The van der Waals surface area contributed by atoms with Crippen molar-refractivity contribution in [3.8, 4) is 0 Å². The molecule has 2 N–H and O–H groups in total. The van der Waals surface area contributed by atoms with Crippen molar-refractivity contribution in [1.29, 1.82) is 0 Å². The normalized spacial score (nSPS) is 10.9. The van der Waals surface area contributed by atoms with Crippen LogP contribution in [0.3, 0.4) is 0 Å². The van der Waals surface area contributed by atoms with E-state index in [-0.39, 0.29) is 10.7 Å². The number of rotatable bonds is 6. The number of esters is 1. The summed E-state index contributed by atoms with van der Waals surface area (Å²) in [6, 6.07) is 18.1. The van der Waals surface area contributed by atoms with Crippen LogP contribution in [-0.2, 0) is 14.8 Å². The summed E-state index contributed by atoms with van der Waals surface area (Å²) >= 11 is 0. The number of anilines is 3. The zero-order valence-electron chi connectivity index (χ0n) is 14.4. The number of carbonyl (C=O) groups excluding carboxylic acids is 1. The van der Waals surface area contributed by atoms with Gasteiger partial charge in [0.2, 0.25) is 0 Å². The van der Waals surface area contributed by atoms with Crippen LogP contribution in [0.15, 0.2) is 77.8 Å². The van der Waals surface area contributed by atoms with Gasteiger partial charge in [-0.05, 0) is 36.4 Å². The molecule has 0 aliphatic rings. The first-order valence-corrected chi connectivity index (χ1v) is 9.46. The third-order valence-electron chi connectivity index (χ3n) is 3.67. The molecule has 0 radical (unpaired) electrons. The molecule has 1 aromatic heterocycles. The maximum absolute atomic E-state index is 12.3. The molecule has 0 unspecified atom stereocenters. The lowest BCUT2D eigenvalue weighted by Gasteiger charge is -2.11. The highest BCUT2D eigenvalue weighted by Gasteiger charge is 2.14. The summed E-state index contributed by atoms with van der Waals surface area (Å²) in [5.41, 5.74) is 1.53. The van der Waals surface area contributed by atoms with Crippen LogP contribution in [0.4, 0.5) is 17.2 Å². The summed E-state index contributed by atoms with van der Waals surface area (Å²) in [5.74, 6) is -0.274. The Hall–Kier alpha value is -3.39. The highest BCUT2D eigenvalue weighted by molar-refractivity contribution is 7.92. The van der Waals surface area contributed by atoms with E-state index in [4.69, 9.17) is 4.74 Å². The summed E-state index contributed by atoms with van der Waals surface area (Å²) in [6.07, 6.45) is 1.47. The van der Waals surface area contributed by atoms with Gasteiger partial charge in [-0.3, -0.25) is 4.72 Å². The van der Waals surface area contributed by atoms with Crippen molar-refractivity contribution < 1.29 is 17.9 Å². The highest BCUT2D eigenvalue weighted by Crippen LogP contribution is 2.22. The number of ether oxygens (including phenoxy) is 1. The minimum atomic E-state index is -3.70. The summed E-state index contributed by atoms with van der Waals surface area (Å²) in [4.78, 5) is 16.1. The lowest BCUT2D eigenvalue weighted by atomic mass is 10.1. The SMILES string of the molecule is COC(=O)c1ccccc1Nc1ccc(NS(=O)(=O)c2ccccc2)nc1. The number of nitrogens with zero attached hydrogens (tertiary/aromatic N) is 1. The molecule has 2 aromatic carbocycles. The molecule has 1 heterocycles. The predicted octanol–water partition coefficient (Wildman–Crippen LogP) is 3.41. The molecule has 7 nitrogen and oxygen atoms in total. The maximum atomic E-state index is 12.3. The number of aromatic nitrogens is 1. The lowest BCUT2D eigenvalue weighted by molar-refractivity contribution is 0.0602. The summed E-state index contributed by atoms with van der Waals surface area (Å²) in [5, 5.41) is 3.07. The lowest BCUT2D eigenvalue weighted by Crippen LogP contribution is -2.13. The number of benzene rings is 2. The maximum Gasteiger partial charge on any atom is 0.339 e. The molecular weight excluding hydrogens is 366 g/mol. The fourth-order valence-electron chi connectivity index (χ4n) is 2.36. The minimum absolute atomic E-state index is 0.154. The molecule has 27 heavy (non-hydrogen) atoms. The van der Waals surface area contributed by atoms with Crippen LogP contribution in [0.2, 0.25) is 0 Å². The van der Waals surface area contributed by atoms with Crippen LogP contribution in [0.5, 0.6) is 0 Å². The molecule has 138 valence electrons. The van der Waals surface area contributed by atoms with Gasteiger partial charge in [-0.15, -0.1) is 0 Å². The van der Waals surface area contributed by atoms with E-state index in [1.54, 1.807) is 48.5 Å². The third kappa shape index (κ3) is 4.42. The molecule has 0 amide bonds. The zero-order valence-corrected chi connectivity index (χ0v) is 15.2. The molecule has 8 heteroatoms. The average molecular weight is 383 g/mol. The Morgan fingerprint density at radius 2 is 1.67 bits per heavy atom. The van der Waals surface area contributed by atoms with Gasteiger partial charge in [-0.2, -0.15) is 0 Å². The van der Waals surface area contributed by atoms with Crippen molar-refractivity contribution in [2.75, 3.05) is 17.1 Å². The summed E-state index contributed by atoms with van der Waals surface area (Å²) in [7, 11) is -2.39. The second-order valence-corrected chi connectivity index (χ2v) is 7.20. The number of sulfonamides is 1. The number of carbonyl (C=O) groups is 1. The molecule has 0 fully saturated rings. The van der Waals surface area contributed by atoms with Crippen LogP contribution in [0.1, 0.15) is 10.4 Å². The van der Waals surface area contributed by atoms with Gasteiger partial charge < -0.3 is 10.1 Å². The zero-order chi connectivity index (χ0) is 19.3. The Morgan fingerprint density at radius 1 is 0.963 bits per heavy atom. The van der Waals surface area contributed by atoms with Crippen molar-refractivity contribution in [2.45, 2.75) is 4.90 Å². The summed E-state index contributed by atoms with van der Waals surface area (Å²) < 4.78 is 31.8. The van der Waals surface area contributed by atoms with Gasteiger partial charge >= 0.3 is 5.97 Å². The number of hydrogen-bond donors (Lipinski definition) is 2. The van der Waals surface area contributed by atoms with Gasteiger partial charge in [-0.1, -0.05) is 30.3 Å². The Labute approximate surface area is 157 Å². The molecule has 0 aliphatic carbocycles. The van der Waals surface area contributed by atoms with Gasteiger partial charge in [0, 0.05) is 0 Å². The van der Waals surface area contributed by atoms with Crippen LogP contribution in [0.25, 0.3) is 0 Å². The van der Waals surface area contributed by atoms with E-state index in [9.17, 15) is 13.2 Å². The fraction of sp³-hybridized carbons (Fsp3) is 0.0526. The minimum Gasteiger partial charge on any atom is -0.465 e. The first kappa shape index (κ1) is 18.4. The second kappa shape index (κ2) is 7.88. The van der Waals surface area contributed by atoms with E-state index in [0.717, 1.165) is 0 Å². The first-order valence-electron chi connectivity index (χ1n) is 7.98. The molecule has 0 saturated carbocycles. The van der Waals surface area contributed by atoms with E-state index in [1.165, 1.54) is 31.5 Å². The molecule has 0 saturated heterocycles. The molecule has 0 atom stereocenters. The number of pyridine rings is 1. The van der Waals surface area contributed by atoms with Gasteiger partial charge in [0.25, 0.3) is 10.0 Å². The summed E-state index contributed by atoms with van der Waals surface area (Å²) in [6.45, 7) is 0. The molecule has 3 rings (SSSR count). The van der Waals surface area contributed by atoms with Gasteiger partial charge in [0.1, 0.15) is 5.82 Å². The Balaban J connectivity index is 1.76. The number of methoxy groups -OCH3 is 1. The van der Waals surface area contributed by atoms with Crippen molar-refractivity contribution in [2.24, 2.45) is 0 Å². The van der Waals surface area contributed by atoms with E-state index in [1.807, 2.05) is 0 Å². The largest absolute Gasteiger partial charge is 0.465 e. The van der Waals surface area contributed by atoms with Crippen LogP contribution in [-0.4, -0.2) is 26.5 Å². The fourth-order valence-corrected chi connectivity index (χ4v) is 3.39. The Bertz CT molecular complexity index is 1040. The van der Waals surface area contributed by atoms with Gasteiger partial charge in [0.15, 0.2) is 0 Å². The first-order chi connectivity index (χ1) is 13.0. The topological polar surface area (TPSA) is 97.4 Å². The van der Waals surface area contributed by atoms with Crippen molar-refractivity contribution >= 4 is 33.2 Å². The molecular formula is C19H17N3O4S. The predicted molar refractivity (Wildman–Crippen MR) is 103 cm³/mol. The van der Waals surface area contributed by atoms with E-state index < -0.39 is 16.0 Å². The van der Waals surface area contributed by atoms with Gasteiger partial charge in [0.05, 0.1) is 35.1 Å². The van der Waals surface area contributed by atoms with Crippen LogP contribution >= 0.6 is 0 Å². The van der Waals surface area contributed by atoms with Crippen LogP contribution < -0.4 is 10.0 Å². The van der Waals surface area contributed by atoms with Gasteiger partial charge in [-0.25, -0.2) is 18.2 Å². The monoisotopic (exact) mass is 383 g/mol. The molecule has 0 bridgehead atoms. The van der Waals surface area contributed by atoms with E-state index in [2.05, 4.69) is 15.0 Å². The third-order valence-corrected chi connectivity index (χ3v) is 5.04.